The van der Waals surface area contributed by atoms with E-state index in [1.54, 1.807) is 32.9 Å². The van der Waals surface area contributed by atoms with Gasteiger partial charge in [-0.05, 0) is 82.1 Å². The first kappa shape index (κ1) is 20.9. The molecule has 0 radical (unpaired) electrons. The number of hydrogen-bond donors (Lipinski definition) is 2. The number of rotatable bonds is 6. The molecule has 27 heavy (non-hydrogen) atoms. The van der Waals surface area contributed by atoms with Crippen LogP contribution in [0.25, 0.3) is 0 Å². The van der Waals surface area contributed by atoms with Crippen molar-refractivity contribution in [2.45, 2.75) is 45.1 Å². The van der Waals surface area contributed by atoms with Crippen molar-refractivity contribution < 1.29 is 17.9 Å². The monoisotopic (exact) mass is 390 g/mol. The summed E-state index contributed by atoms with van der Waals surface area (Å²) in [5.41, 5.74) is 2.05. The van der Waals surface area contributed by atoms with E-state index in [0.717, 1.165) is 11.1 Å². The Bertz CT molecular complexity index is 894. The first-order chi connectivity index (χ1) is 12.4. The lowest BCUT2D eigenvalue weighted by Gasteiger charge is -2.20. The molecule has 0 unspecified atom stereocenters. The van der Waals surface area contributed by atoms with E-state index in [2.05, 4.69) is 10.0 Å². The Hall–Kier alpha value is -2.38. The number of carbonyl (C=O) groups excluding carboxylic acids is 1. The highest BCUT2D eigenvalue weighted by Gasteiger charge is 2.21. The van der Waals surface area contributed by atoms with Gasteiger partial charge >= 0.3 is 0 Å². The lowest BCUT2D eigenvalue weighted by atomic mass is 10.1. The van der Waals surface area contributed by atoms with Gasteiger partial charge in [0.15, 0.2) is 6.61 Å². The maximum atomic E-state index is 12.3. The Balaban J connectivity index is 1.96. The summed E-state index contributed by atoms with van der Waals surface area (Å²) in [7, 11) is -3.61. The minimum Gasteiger partial charge on any atom is -0.484 e. The van der Waals surface area contributed by atoms with Crippen LogP contribution in [0.5, 0.6) is 5.75 Å². The molecule has 2 aromatic carbocycles. The Morgan fingerprint density at radius 3 is 2.07 bits per heavy atom. The van der Waals surface area contributed by atoms with Gasteiger partial charge in [0.2, 0.25) is 10.0 Å². The molecule has 0 aliphatic rings. The third-order valence-corrected chi connectivity index (χ3v) is 5.23. The largest absolute Gasteiger partial charge is 0.484 e. The summed E-state index contributed by atoms with van der Waals surface area (Å²) in [6.45, 7) is 9.11. The summed E-state index contributed by atoms with van der Waals surface area (Å²) in [6, 6.07) is 11.8. The maximum Gasteiger partial charge on any atom is 0.262 e. The Morgan fingerprint density at radius 2 is 1.56 bits per heavy atom. The molecule has 0 aliphatic carbocycles. The molecule has 0 saturated carbocycles. The molecule has 0 heterocycles. The normalized spacial score (nSPS) is 11.9. The molecule has 0 spiro atoms. The Morgan fingerprint density at radius 1 is 1.00 bits per heavy atom. The van der Waals surface area contributed by atoms with Gasteiger partial charge in [0.1, 0.15) is 5.75 Å². The van der Waals surface area contributed by atoms with Crippen molar-refractivity contribution >= 4 is 21.6 Å². The zero-order chi connectivity index (χ0) is 20.2. The molecule has 0 saturated heterocycles. The minimum atomic E-state index is -3.61. The second kappa shape index (κ2) is 8.10. The lowest BCUT2D eigenvalue weighted by molar-refractivity contribution is -0.118. The van der Waals surface area contributed by atoms with Crippen LogP contribution in [0.2, 0.25) is 0 Å². The van der Waals surface area contributed by atoms with E-state index in [0.29, 0.717) is 11.4 Å². The number of aryl methyl sites for hydroxylation is 2. The fourth-order valence-corrected chi connectivity index (χ4v) is 3.96. The Labute approximate surface area is 161 Å². The average molecular weight is 391 g/mol. The quantitative estimate of drug-likeness (QED) is 0.792. The van der Waals surface area contributed by atoms with Gasteiger partial charge in [0, 0.05) is 11.2 Å². The average Bonchev–Trinajstić information content (AvgIpc) is 2.50. The molecular formula is C20H26N2O4S. The van der Waals surface area contributed by atoms with Gasteiger partial charge in [0.05, 0.1) is 4.90 Å². The maximum absolute atomic E-state index is 12.3. The van der Waals surface area contributed by atoms with Crippen LogP contribution in [0.15, 0.2) is 47.4 Å². The minimum absolute atomic E-state index is 0.130. The summed E-state index contributed by atoms with van der Waals surface area (Å²) in [6.07, 6.45) is 0. The third-order valence-electron chi connectivity index (χ3n) is 3.45. The van der Waals surface area contributed by atoms with E-state index < -0.39 is 15.6 Å². The van der Waals surface area contributed by atoms with Crippen LogP contribution in [0.1, 0.15) is 31.9 Å². The summed E-state index contributed by atoms with van der Waals surface area (Å²) in [4.78, 5) is 12.2. The topological polar surface area (TPSA) is 84.5 Å². The number of anilines is 1. The predicted octanol–water partition coefficient (Wildman–Crippen LogP) is 3.40. The van der Waals surface area contributed by atoms with E-state index in [1.165, 1.54) is 12.1 Å². The van der Waals surface area contributed by atoms with E-state index in [9.17, 15) is 13.2 Å². The second-order valence-corrected chi connectivity index (χ2v) is 9.22. The number of carbonyl (C=O) groups is 1. The van der Waals surface area contributed by atoms with Crippen molar-refractivity contribution in [3.05, 3.63) is 53.6 Å². The summed E-state index contributed by atoms with van der Waals surface area (Å²) >= 11 is 0. The predicted molar refractivity (Wildman–Crippen MR) is 107 cm³/mol. The number of ether oxygens (including phenoxy) is 1. The van der Waals surface area contributed by atoms with Crippen LogP contribution in [0.3, 0.4) is 0 Å². The number of amides is 1. The highest BCUT2D eigenvalue weighted by atomic mass is 32.2. The molecule has 0 aliphatic heterocycles. The fraction of sp³-hybridized carbons (Fsp3) is 0.350. The van der Waals surface area contributed by atoms with Crippen LogP contribution in [0.4, 0.5) is 5.69 Å². The van der Waals surface area contributed by atoms with Gasteiger partial charge < -0.3 is 10.1 Å². The van der Waals surface area contributed by atoms with E-state index in [1.807, 2.05) is 32.0 Å². The highest BCUT2D eigenvalue weighted by molar-refractivity contribution is 7.89. The van der Waals surface area contributed by atoms with Crippen molar-refractivity contribution in [1.29, 1.82) is 0 Å². The molecule has 0 fully saturated rings. The summed E-state index contributed by atoms with van der Waals surface area (Å²) in [5.74, 6) is 0.315. The van der Waals surface area contributed by atoms with E-state index in [4.69, 9.17) is 4.74 Å². The Kier molecular flexibility index (Phi) is 6.28. The van der Waals surface area contributed by atoms with Gasteiger partial charge in [-0.25, -0.2) is 13.1 Å². The molecule has 0 aromatic heterocycles. The van der Waals surface area contributed by atoms with Gasteiger partial charge in [-0.1, -0.05) is 6.07 Å². The third kappa shape index (κ3) is 6.69. The zero-order valence-corrected chi connectivity index (χ0v) is 17.1. The van der Waals surface area contributed by atoms with Gasteiger partial charge in [-0.15, -0.1) is 0 Å². The van der Waals surface area contributed by atoms with Crippen LogP contribution in [-0.4, -0.2) is 26.5 Å². The summed E-state index contributed by atoms with van der Waals surface area (Å²) in [5, 5.41) is 2.69. The van der Waals surface area contributed by atoms with Gasteiger partial charge in [-0.2, -0.15) is 0 Å². The van der Waals surface area contributed by atoms with Crippen LogP contribution in [-0.2, 0) is 14.8 Å². The second-order valence-electron chi connectivity index (χ2n) is 7.54. The molecule has 146 valence electrons. The van der Waals surface area contributed by atoms with Gasteiger partial charge in [-0.3, -0.25) is 4.79 Å². The van der Waals surface area contributed by atoms with Crippen molar-refractivity contribution in [2.24, 2.45) is 0 Å². The number of nitrogens with one attached hydrogen (secondary N) is 2. The van der Waals surface area contributed by atoms with Crippen molar-refractivity contribution in [3.63, 3.8) is 0 Å². The standard InChI is InChI=1S/C20H26N2O4S/c1-14-10-15(2)12-17(11-14)26-13-19(23)21-16-6-8-18(9-7-16)27(24,25)22-20(3,4)5/h6-12,22H,13H2,1-5H3,(H,21,23). The molecule has 2 aromatic rings. The van der Waals surface area contributed by atoms with Crippen LogP contribution < -0.4 is 14.8 Å². The number of hydrogen-bond acceptors (Lipinski definition) is 4. The first-order valence-corrected chi connectivity index (χ1v) is 10.1. The molecule has 2 N–H and O–H groups in total. The molecule has 6 nitrogen and oxygen atoms in total. The fourth-order valence-electron chi connectivity index (χ4n) is 2.54. The van der Waals surface area contributed by atoms with Crippen molar-refractivity contribution in [1.82, 2.24) is 4.72 Å². The lowest BCUT2D eigenvalue weighted by Crippen LogP contribution is -2.40. The smallest absolute Gasteiger partial charge is 0.262 e. The molecular weight excluding hydrogens is 364 g/mol. The number of sulfonamides is 1. The molecule has 1 amide bonds. The van der Waals surface area contributed by atoms with E-state index >= 15 is 0 Å². The highest BCUT2D eigenvalue weighted by Crippen LogP contribution is 2.18. The zero-order valence-electron chi connectivity index (χ0n) is 16.3. The van der Waals surface area contributed by atoms with Crippen LogP contribution >= 0.6 is 0 Å². The molecule has 0 atom stereocenters. The van der Waals surface area contributed by atoms with Crippen LogP contribution in [0, 0.1) is 13.8 Å². The van der Waals surface area contributed by atoms with Gasteiger partial charge in [0.25, 0.3) is 5.91 Å². The van der Waals surface area contributed by atoms with Crippen molar-refractivity contribution in [3.8, 4) is 5.75 Å². The van der Waals surface area contributed by atoms with E-state index in [-0.39, 0.29) is 17.4 Å². The first-order valence-electron chi connectivity index (χ1n) is 8.60. The summed E-state index contributed by atoms with van der Waals surface area (Å²) < 4.78 is 32.7. The molecule has 0 bridgehead atoms. The van der Waals surface area contributed by atoms with Crippen molar-refractivity contribution in [2.75, 3.05) is 11.9 Å². The number of benzene rings is 2. The molecule has 7 heteroatoms. The SMILES string of the molecule is Cc1cc(C)cc(OCC(=O)Nc2ccc(S(=O)(=O)NC(C)(C)C)cc2)c1. The molecule has 2 rings (SSSR count).